The van der Waals surface area contributed by atoms with E-state index in [1.807, 2.05) is 10.9 Å². The number of aromatic nitrogens is 3. The monoisotopic (exact) mass is 400 g/mol. The van der Waals surface area contributed by atoms with E-state index in [0.29, 0.717) is 17.6 Å². The summed E-state index contributed by atoms with van der Waals surface area (Å²) in [6, 6.07) is 8.16. The normalized spacial score (nSPS) is 19.6. The quantitative estimate of drug-likeness (QED) is 0.668. The molecule has 1 saturated carbocycles. The summed E-state index contributed by atoms with van der Waals surface area (Å²) >= 11 is 0. The highest BCUT2D eigenvalue weighted by Gasteiger charge is 2.23. The molecule has 0 bridgehead atoms. The van der Waals surface area contributed by atoms with Gasteiger partial charge in [0.25, 0.3) is 12.3 Å². The van der Waals surface area contributed by atoms with E-state index >= 15 is 0 Å². The lowest BCUT2D eigenvalue weighted by atomic mass is 9.87. The number of amides is 1. The van der Waals surface area contributed by atoms with E-state index in [2.05, 4.69) is 15.4 Å². The highest BCUT2D eigenvalue weighted by Crippen LogP contribution is 2.32. The predicted molar refractivity (Wildman–Crippen MR) is 105 cm³/mol. The number of benzene rings is 1. The van der Waals surface area contributed by atoms with Gasteiger partial charge in [-0.2, -0.15) is 5.10 Å². The minimum absolute atomic E-state index is 0.237. The number of carbonyl (C=O) groups is 1. The Balaban J connectivity index is 1.52. The summed E-state index contributed by atoms with van der Waals surface area (Å²) in [5.41, 5.74) is 0.631. The van der Waals surface area contributed by atoms with Crippen molar-refractivity contribution in [2.45, 2.75) is 38.2 Å². The number of anilines is 1. The van der Waals surface area contributed by atoms with Crippen LogP contribution in [0.4, 0.5) is 14.5 Å². The zero-order valence-electron chi connectivity index (χ0n) is 15.8. The summed E-state index contributed by atoms with van der Waals surface area (Å²) in [6.07, 6.45) is 4.40. The molecule has 0 unspecified atom stereocenters. The summed E-state index contributed by atoms with van der Waals surface area (Å²) in [7, 11) is 0. The molecule has 4 rings (SSSR count). The average molecular weight is 400 g/mol. The van der Waals surface area contributed by atoms with Gasteiger partial charge in [-0.05, 0) is 61.9 Å². The molecule has 1 fully saturated rings. The molecule has 1 amide bonds. The van der Waals surface area contributed by atoms with Gasteiger partial charge in [0.1, 0.15) is 5.69 Å². The van der Waals surface area contributed by atoms with Gasteiger partial charge in [-0.1, -0.05) is 0 Å². The van der Waals surface area contributed by atoms with Crippen molar-refractivity contribution in [3.8, 4) is 0 Å². The van der Waals surface area contributed by atoms with Gasteiger partial charge < -0.3 is 10.4 Å². The number of nitrogens with zero attached hydrogens (tertiary/aromatic N) is 3. The zero-order valence-corrected chi connectivity index (χ0v) is 15.8. The first-order valence-electron chi connectivity index (χ1n) is 9.69. The molecule has 152 valence electrons. The Kier molecular flexibility index (Phi) is 5.53. The predicted octanol–water partition coefficient (Wildman–Crippen LogP) is 4.34. The number of aliphatic hydroxyl groups is 1. The molecule has 1 aromatic carbocycles. The van der Waals surface area contributed by atoms with Crippen molar-refractivity contribution in [2.75, 3.05) is 11.9 Å². The van der Waals surface area contributed by atoms with Crippen LogP contribution >= 0.6 is 0 Å². The van der Waals surface area contributed by atoms with Crippen molar-refractivity contribution in [2.24, 2.45) is 5.92 Å². The smallest absolute Gasteiger partial charge is 0.274 e. The number of hydrogen-bond donors (Lipinski definition) is 2. The number of alkyl halides is 2. The largest absolute Gasteiger partial charge is 0.396 e. The number of halogens is 2. The second-order valence-electron chi connectivity index (χ2n) is 7.44. The minimum Gasteiger partial charge on any atom is -0.396 e. The van der Waals surface area contributed by atoms with Crippen LogP contribution in [0.1, 0.15) is 54.2 Å². The van der Waals surface area contributed by atoms with E-state index in [9.17, 15) is 18.7 Å². The van der Waals surface area contributed by atoms with Crippen molar-refractivity contribution < 1.29 is 18.7 Å². The van der Waals surface area contributed by atoms with E-state index < -0.39 is 17.9 Å². The van der Waals surface area contributed by atoms with Crippen LogP contribution in [0.2, 0.25) is 0 Å². The molecular weight excluding hydrogens is 378 g/mol. The number of fused-ring (bicyclic) bond motifs is 1. The fourth-order valence-electron chi connectivity index (χ4n) is 3.88. The maximum Gasteiger partial charge on any atom is 0.274 e. The zero-order chi connectivity index (χ0) is 20.4. The summed E-state index contributed by atoms with van der Waals surface area (Å²) in [6.45, 7) is 0.237. The molecule has 0 spiro atoms. The molecule has 3 aromatic rings. The van der Waals surface area contributed by atoms with Crippen LogP contribution in [0.25, 0.3) is 10.9 Å². The molecule has 29 heavy (non-hydrogen) atoms. The van der Waals surface area contributed by atoms with Gasteiger partial charge in [-0.3, -0.25) is 14.5 Å². The lowest BCUT2D eigenvalue weighted by Gasteiger charge is -2.27. The number of pyridine rings is 1. The minimum atomic E-state index is -2.77. The third kappa shape index (κ3) is 4.12. The molecule has 0 aliphatic heterocycles. The molecule has 0 saturated heterocycles. The van der Waals surface area contributed by atoms with E-state index in [1.54, 1.807) is 18.2 Å². The number of hydrogen-bond acceptors (Lipinski definition) is 4. The Morgan fingerprint density at radius 3 is 2.76 bits per heavy atom. The molecule has 2 heterocycles. The third-order valence-electron chi connectivity index (χ3n) is 5.52. The standard InChI is InChI=1S/C21H22F2N4O2/c22-20(23)17-2-1-9-24-19(17)21(29)25-15-5-8-18-14(10-15)11-27(26-18)16-6-3-13(12-28)4-7-16/h1-2,5,8-11,13,16,20,28H,3-4,6-7,12H2,(H,25,29). The van der Waals surface area contributed by atoms with Gasteiger partial charge in [0.05, 0.1) is 11.6 Å². The van der Waals surface area contributed by atoms with Crippen LogP contribution in [0, 0.1) is 5.92 Å². The van der Waals surface area contributed by atoms with E-state index in [0.717, 1.165) is 36.6 Å². The van der Waals surface area contributed by atoms with E-state index in [1.165, 1.54) is 18.3 Å². The van der Waals surface area contributed by atoms with Crippen LogP contribution in [-0.4, -0.2) is 32.4 Å². The highest BCUT2D eigenvalue weighted by atomic mass is 19.3. The molecule has 8 heteroatoms. The number of carbonyl (C=O) groups excluding carboxylic acids is 1. The van der Waals surface area contributed by atoms with Crippen LogP contribution in [0.3, 0.4) is 0 Å². The highest BCUT2D eigenvalue weighted by molar-refractivity contribution is 6.04. The molecule has 2 aromatic heterocycles. The van der Waals surface area contributed by atoms with Crippen molar-refractivity contribution in [1.82, 2.24) is 14.8 Å². The second kappa shape index (κ2) is 8.24. The van der Waals surface area contributed by atoms with Gasteiger partial charge in [-0.15, -0.1) is 0 Å². The van der Waals surface area contributed by atoms with Gasteiger partial charge >= 0.3 is 0 Å². The second-order valence-corrected chi connectivity index (χ2v) is 7.44. The SMILES string of the molecule is O=C(Nc1ccc2nn(C3CCC(CO)CC3)cc2c1)c1ncccc1C(F)F. The first-order valence-corrected chi connectivity index (χ1v) is 9.69. The molecule has 1 aliphatic carbocycles. The fourth-order valence-corrected chi connectivity index (χ4v) is 3.88. The number of nitrogens with one attached hydrogen (secondary N) is 1. The van der Waals surface area contributed by atoms with Gasteiger partial charge in [0, 0.05) is 35.6 Å². The Hall–Kier alpha value is -2.87. The Bertz CT molecular complexity index is 1010. The maximum absolute atomic E-state index is 13.1. The van der Waals surface area contributed by atoms with Crippen molar-refractivity contribution in [3.63, 3.8) is 0 Å². The first kappa shape index (κ1) is 19.4. The van der Waals surface area contributed by atoms with Crippen molar-refractivity contribution in [3.05, 3.63) is 54.0 Å². The van der Waals surface area contributed by atoms with Crippen LogP contribution in [0.15, 0.2) is 42.7 Å². The molecule has 2 N–H and O–H groups in total. The summed E-state index contributed by atoms with van der Waals surface area (Å²) in [5, 5.41) is 17.4. The third-order valence-corrected chi connectivity index (χ3v) is 5.52. The molecular formula is C21H22F2N4O2. The van der Waals surface area contributed by atoms with Crippen LogP contribution in [-0.2, 0) is 0 Å². The van der Waals surface area contributed by atoms with E-state index in [4.69, 9.17) is 0 Å². The Morgan fingerprint density at radius 1 is 1.24 bits per heavy atom. The van der Waals surface area contributed by atoms with Crippen LogP contribution in [0.5, 0.6) is 0 Å². The fraction of sp³-hybridized carbons (Fsp3) is 0.381. The van der Waals surface area contributed by atoms with Gasteiger partial charge in [-0.25, -0.2) is 8.78 Å². The molecule has 0 radical (unpaired) electrons. The van der Waals surface area contributed by atoms with E-state index in [-0.39, 0.29) is 12.3 Å². The van der Waals surface area contributed by atoms with Crippen LogP contribution < -0.4 is 5.32 Å². The van der Waals surface area contributed by atoms with Crippen molar-refractivity contribution in [1.29, 1.82) is 0 Å². The van der Waals surface area contributed by atoms with Crippen molar-refractivity contribution >= 4 is 22.5 Å². The maximum atomic E-state index is 13.1. The lowest BCUT2D eigenvalue weighted by molar-refractivity contribution is 0.100. The number of rotatable bonds is 5. The summed E-state index contributed by atoms with van der Waals surface area (Å²) in [4.78, 5) is 16.2. The topological polar surface area (TPSA) is 80.0 Å². The summed E-state index contributed by atoms with van der Waals surface area (Å²) in [5.74, 6) is -0.294. The molecule has 1 aliphatic rings. The first-order chi connectivity index (χ1) is 14.0. The molecule has 0 atom stereocenters. The number of aliphatic hydroxyl groups excluding tert-OH is 1. The Morgan fingerprint density at radius 2 is 2.03 bits per heavy atom. The Labute approximate surface area is 166 Å². The summed E-state index contributed by atoms with van der Waals surface area (Å²) < 4.78 is 28.2. The average Bonchev–Trinajstić information content (AvgIpc) is 3.17. The van der Waals surface area contributed by atoms with Gasteiger partial charge in [0.15, 0.2) is 0 Å². The van der Waals surface area contributed by atoms with Gasteiger partial charge in [0.2, 0.25) is 0 Å². The molecule has 6 nitrogen and oxygen atoms in total. The lowest BCUT2D eigenvalue weighted by Crippen LogP contribution is -2.20.